The van der Waals surface area contributed by atoms with Crippen LogP contribution in [0, 0.1) is 0 Å². The number of anilines is 1. The zero-order valence-corrected chi connectivity index (χ0v) is 13.0. The number of carbonyl (C=O) groups is 1. The highest BCUT2D eigenvalue weighted by Crippen LogP contribution is 2.22. The molecule has 2 aromatic rings. The Balaban J connectivity index is 2.11. The second-order valence-corrected chi connectivity index (χ2v) is 5.15. The van der Waals surface area contributed by atoms with Gasteiger partial charge in [-0.2, -0.15) is 0 Å². The van der Waals surface area contributed by atoms with Crippen molar-refractivity contribution in [2.75, 3.05) is 24.9 Å². The van der Waals surface area contributed by atoms with Gasteiger partial charge >= 0.3 is 5.97 Å². The molecule has 0 spiro atoms. The number of methoxy groups -OCH3 is 1. The maximum Gasteiger partial charge on any atom is 0.337 e. The largest absolute Gasteiger partial charge is 0.465 e. The summed E-state index contributed by atoms with van der Waals surface area (Å²) in [5.41, 5.74) is 3.36. The van der Waals surface area contributed by atoms with Crippen LogP contribution in [0.4, 0.5) is 5.69 Å². The van der Waals surface area contributed by atoms with E-state index in [0.717, 1.165) is 16.8 Å². The quantitative estimate of drug-likeness (QED) is 0.634. The van der Waals surface area contributed by atoms with E-state index in [0.29, 0.717) is 12.1 Å². The van der Waals surface area contributed by atoms with Gasteiger partial charge < -0.3 is 15.2 Å². The van der Waals surface area contributed by atoms with Crippen molar-refractivity contribution in [3.63, 3.8) is 0 Å². The second-order valence-electron chi connectivity index (χ2n) is 4.84. The Labute approximate surface area is 134 Å². The molecule has 0 heterocycles. The fourth-order valence-electron chi connectivity index (χ4n) is 2.01. The first-order valence-corrected chi connectivity index (χ1v) is 7.44. The molecule has 4 nitrogen and oxygen atoms in total. The van der Waals surface area contributed by atoms with Gasteiger partial charge in [-0.25, -0.2) is 4.79 Å². The van der Waals surface area contributed by atoms with E-state index in [1.165, 1.54) is 7.11 Å². The minimum Gasteiger partial charge on any atom is -0.465 e. The summed E-state index contributed by atoms with van der Waals surface area (Å²) >= 11 is 5.55. The predicted molar refractivity (Wildman–Crippen MR) is 88.4 cm³/mol. The Bertz CT molecular complexity index is 628. The molecule has 2 rings (SSSR count). The number of halogens is 1. The summed E-state index contributed by atoms with van der Waals surface area (Å²) < 4.78 is 4.73. The lowest BCUT2D eigenvalue weighted by atomic mass is 10.0. The molecule has 0 saturated carbocycles. The number of aliphatic hydroxyl groups is 1. The van der Waals surface area contributed by atoms with Crippen LogP contribution in [-0.2, 0) is 4.74 Å². The van der Waals surface area contributed by atoms with E-state index in [1.807, 2.05) is 36.4 Å². The molecule has 2 aromatic carbocycles. The number of carbonyl (C=O) groups excluding carboxylic acids is 1. The Morgan fingerprint density at radius 2 is 1.95 bits per heavy atom. The molecular formula is C17H18ClNO3. The van der Waals surface area contributed by atoms with Crippen molar-refractivity contribution in [2.45, 2.75) is 6.10 Å². The van der Waals surface area contributed by atoms with Crippen LogP contribution >= 0.6 is 11.6 Å². The summed E-state index contributed by atoms with van der Waals surface area (Å²) in [6.07, 6.45) is -0.571. The lowest BCUT2D eigenvalue weighted by Gasteiger charge is -2.11. The van der Waals surface area contributed by atoms with Gasteiger partial charge in [-0.1, -0.05) is 24.3 Å². The van der Waals surface area contributed by atoms with Gasteiger partial charge in [-0.15, -0.1) is 11.6 Å². The monoisotopic (exact) mass is 319 g/mol. The number of rotatable bonds is 6. The lowest BCUT2D eigenvalue weighted by Crippen LogP contribution is -2.20. The molecule has 1 unspecified atom stereocenters. The maximum absolute atomic E-state index is 11.6. The van der Waals surface area contributed by atoms with E-state index in [9.17, 15) is 9.90 Å². The van der Waals surface area contributed by atoms with Crippen LogP contribution in [0.25, 0.3) is 11.1 Å². The summed E-state index contributed by atoms with van der Waals surface area (Å²) in [5.74, 6) is -0.152. The average Bonchev–Trinajstić information content (AvgIpc) is 2.59. The van der Waals surface area contributed by atoms with E-state index in [-0.39, 0.29) is 11.8 Å². The molecule has 0 fully saturated rings. The fraction of sp³-hybridized carbons (Fsp3) is 0.235. The highest BCUT2D eigenvalue weighted by Gasteiger charge is 2.07. The number of nitrogens with one attached hydrogen (secondary N) is 1. The molecule has 116 valence electrons. The third-order valence-electron chi connectivity index (χ3n) is 3.22. The Hall–Kier alpha value is -2.04. The molecule has 0 aliphatic heterocycles. The third kappa shape index (κ3) is 4.23. The SMILES string of the molecule is COC(=O)c1cccc(-c2ccc(NCC(O)CCl)cc2)c1. The molecule has 0 aliphatic carbocycles. The fourth-order valence-corrected chi connectivity index (χ4v) is 2.12. The lowest BCUT2D eigenvalue weighted by molar-refractivity contribution is 0.0601. The van der Waals surface area contributed by atoms with Gasteiger partial charge in [0, 0.05) is 12.2 Å². The number of hydrogen-bond acceptors (Lipinski definition) is 4. The molecule has 0 amide bonds. The van der Waals surface area contributed by atoms with Crippen LogP contribution < -0.4 is 5.32 Å². The van der Waals surface area contributed by atoms with Crippen LogP contribution in [0.3, 0.4) is 0 Å². The van der Waals surface area contributed by atoms with Gasteiger partial charge in [-0.05, 0) is 35.4 Å². The molecule has 0 aromatic heterocycles. The molecule has 5 heteroatoms. The van der Waals surface area contributed by atoms with Crippen LogP contribution in [0.1, 0.15) is 10.4 Å². The number of ether oxygens (including phenoxy) is 1. The number of hydrogen-bond donors (Lipinski definition) is 2. The molecule has 0 aliphatic rings. The van der Waals surface area contributed by atoms with E-state index < -0.39 is 6.10 Å². The molecule has 0 saturated heterocycles. The minimum atomic E-state index is -0.571. The van der Waals surface area contributed by atoms with Gasteiger partial charge in [0.2, 0.25) is 0 Å². The van der Waals surface area contributed by atoms with Crippen molar-refractivity contribution in [2.24, 2.45) is 0 Å². The molecule has 2 N–H and O–H groups in total. The normalized spacial score (nSPS) is 11.8. The van der Waals surface area contributed by atoms with E-state index in [2.05, 4.69) is 5.32 Å². The molecular weight excluding hydrogens is 302 g/mol. The van der Waals surface area contributed by atoms with E-state index in [4.69, 9.17) is 16.3 Å². The number of esters is 1. The first-order valence-electron chi connectivity index (χ1n) is 6.90. The first-order chi connectivity index (χ1) is 10.6. The second kappa shape index (κ2) is 7.82. The standard InChI is InChI=1S/C17H18ClNO3/c1-22-17(21)14-4-2-3-13(9-14)12-5-7-15(8-6-12)19-11-16(20)10-18/h2-9,16,19-20H,10-11H2,1H3. The van der Waals surface area contributed by atoms with Crippen LogP contribution in [0.2, 0.25) is 0 Å². The van der Waals surface area contributed by atoms with Crippen molar-refractivity contribution >= 4 is 23.3 Å². The Morgan fingerprint density at radius 1 is 1.23 bits per heavy atom. The summed E-state index contributed by atoms with van der Waals surface area (Å²) in [6, 6.07) is 15.0. The van der Waals surface area contributed by atoms with Crippen molar-refractivity contribution < 1.29 is 14.6 Å². The van der Waals surface area contributed by atoms with Gasteiger partial charge in [0.1, 0.15) is 0 Å². The number of alkyl halides is 1. The molecule has 22 heavy (non-hydrogen) atoms. The topological polar surface area (TPSA) is 58.6 Å². The zero-order chi connectivity index (χ0) is 15.9. The number of aliphatic hydroxyl groups excluding tert-OH is 1. The summed E-state index contributed by atoms with van der Waals surface area (Å²) in [6.45, 7) is 0.403. The minimum absolute atomic E-state index is 0.200. The molecule has 0 radical (unpaired) electrons. The van der Waals surface area contributed by atoms with Gasteiger partial charge in [0.25, 0.3) is 0 Å². The summed E-state index contributed by atoms with van der Waals surface area (Å²) in [4.78, 5) is 11.6. The van der Waals surface area contributed by atoms with Crippen molar-refractivity contribution in [3.05, 3.63) is 54.1 Å². The van der Waals surface area contributed by atoms with Crippen molar-refractivity contribution in [1.82, 2.24) is 0 Å². The van der Waals surface area contributed by atoms with Crippen LogP contribution in [0.15, 0.2) is 48.5 Å². The van der Waals surface area contributed by atoms with Crippen molar-refractivity contribution in [1.29, 1.82) is 0 Å². The highest BCUT2D eigenvalue weighted by atomic mass is 35.5. The van der Waals surface area contributed by atoms with E-state index >= 15 is 0 Å². The zero-order valence-electron chi connectivity index (χ0n) is 12.3. The summed E-state index contributed by atoms with van der Waals surface area (Å²) in [5, 5.41) is 12.5. The van der Waals surface area contributed by atoms with Crippen LogP contribution in [0.5, 0.6) is 0 Å². The molecule has 0 bridgehead atoms. The molecule has 1 atom stereocenters. The van der Waals surface area contributed by atoms with Gasteiger partial charge in [0.05, 0.1) is 24.7 Å². The number of benzene rings is 2. The third-order valence-corrected chi connectivity index (χ3v) is 3.58. The predicted octanol–water partition coefficient (Wildman–Crippen LogP) is 3.15. The smallest absolute Gasteiger partial charge is 0.337 e. The van der Waals surface area contributed by atoms with Crippen LogP contribution in [-0.4, -0.2) is 36.7 Å². The Morgan fingerprint density at radius 3 is 2.59 bits per heavy atom. The average molecular weight is 320 g/mol. The Kier molecular flexibility index (Phi) is 5.81. The van der Waals surface area contributed by atoms with Crippen molar-refractivity contribution in [3.8, 4) is 11.1 Å². The van der Waals surface area contributed by atoms with Gasteiger partial charge in [0.15, 0.2) is 0 Å². The first kappa shape index (κ1) is 16.3. The highest BCUT2D eigenvalue weighted by molar-refractivity contribution is 6.18. The maximum atomic E-state index is 11.6. The summed E-state index contributed by atoms with van der Waals surface area (Å²) in [7, 11) is 1.37. The van der Waals surface area contributed by atoms with Gasteiger partial charge in [-0.3, -0.25) is 0 Å². The van der Waals surface area contributed by atoms with E-state index in [1.54, 1.807) is 12.1 Å².